The van der Waals surface area contributed by atoms with Crippen LogP contribution in [-0.2, 0) is 4.79 Å². The van der Waals surface area contributed by atoms with Gasteiger partial charge in [-0.05, 0) is 29.7 Å². The molecule has 1 unspecified atom stereocenters. The number of amides is 1. The monoisotopic (exact) mass is 386 g/mol. The van der Waals surface area contributed by atoms with Gasteiger partial charge in [0.15, 0.2) is 0 Å². The van der Waals surface area contributed by atoms with E-state index in [0.29, 0.717) is 5.82 Å². The summed E-state index contributed by atoms with van der Waals surface area (Å²) >= 11 is 1.56. The lowest BCUT2D eigenvalue weighted by Crippen LogP contribution is -2.26. The number of nitrogens with two attached hydrogens (primary N) is 1. The quantitative estimate of drug-likeness (QED) is 0.564. The topological polar surface area (TPSA) is 72.1 Å². The van der Waals surface area contributed by atoms with Crippen LogP contribution < -0.4 is 10.6 Å². The minimum Gasteiger partial charge on any atom is -0.383 e. The van der Waals surface area contributed by atoms with Gasteiger partial charge in [-0.2, -0.15) is 0 Å². The van der Waals surface area contributed by atoms with E-state index in [9.17, 15) is 4.79 Å². The predicted molar refractivity (Wildman–Crippen MR) is 113 cm³/mol. The average molecular weight is 386 g/mol. The number of nitrogens with zero attached hydrogens (tertiary/aromatic N) is 3. The van der Waals surface area contributed by atoms with Crippen molar-refractivity contribution in [2.24, 2.45) is 0 Å². The lowest BCUT2D eigenvalue weighted by molar-refractivity contribution is -0.118. The molecule has 0 saturated carbocycles. The maximum atomic E-state index is 12.9. The molecule has 28 heavy (non-hydrogen) atoms. The first-order valence-electron chi connectivity index (χ1n) is 9.17. The zero-order chi connectivity index (χ0) is 19.1. The molecular formula is C22H18N4OS. The van der Waals surface area contributed by atoms with Crippen LogP contribution in [0.2, 0.25) is 0 Å². The number of hydrogen-bond donors (Lipinski definition) is 1. The van der Waals surface area contributed by atoms with E-state index in [0.717, 1.165) is 45.6 Å². The third-order valence-electron chi connectivity index (χ3n) is 5.30. The van der Waals surface area contributed by atoms with Crippen LogP contribution in [0.15, 0.2) is 66.3 Å². The first-order valence-corrected chi connectivity index (χ1v) is 10.0. The van der Waals surface area contributed by atoms with Gasteiger partial charge in [-0.3, -0.25) is 4.79 Å². The fourth-order valence-corrected chi connectivity index (χ4v) is 4.79. The molecule has 0 radical (unpaired) electrons. The van der Waals surface area contributed by atoms with Crippen LogP contribution in [0.3, 0.4) is 0 Å². The van der Waals surface area contributed by atoms with Crippen molar-refractivity contribution in [2.45, 2.75) is 12.3 Å². The van der Waals surface area contributed by atoms with Crippen molar-refractivity contribution in [3.05, 3.63) is 71.9 Å². The molecule has 2 N–H and O–H groups in total. The van der Waals surface area contributed by atoms with Crippen molar-refractivity contribution in [2.75, 3.05) is 17.2 Å². The van der Waals surface area contributed by atoms with Crippen LogP contribution in [0.4, 0.5) is 11.5 Å². The van der Waals surface area contributed by atoms with E-state index in [1.54, 1.807) is 11.3 Å². The Balaban J connectivity index is 1.43. The molecule has 1 aliphatic rings. The summed E-state index contributed by atoms with van der Waals surface area (Å²) in [4.78, 5) is 24.1. The van der Waals surface area contributed by atoms with Gasteiger partial charge in [0.1, 0.15) is 17.0 Å². The second-order valence-electron chi connectivity index (χ2n) is 6.88. The summed E-state index contributed by atoms with van der Waals surface area (Å²) < 4.78 is 0. The number of anilines is 2. The van der Waals surface area contributed by atoms with Gasteiger partial charge in [-0.25, -0.2) is 9.97 Å². The minimum atomic E-state index is -0.0568. The summed E-state index contributed by atoms with van der Waals surface area (Å²) in [6.07, 6.45) is 2.33. The van der Waals surface area contributed by atoms with E-state index in [2.05, 4.69) is 15.3 Å². The summed E-state index contributed by atoms with van der Waals surface area (Å²) in [5, 5.41) is 2.94. The minimum absolute atomic E-state index is 0.0568. The fraction of sp³-hybridized carbons (Fsp3) is 0.136. The maximum Gasteiger partial charge on any atom is 0.234 e. The molecule has 5 nitrogen and oxygen atoms in total. The molecule has 2 aromatic carbocycles. The number of aromatic nitrogens is 2. The Morgan fingerprint density at radius 1 is 1.04 bits per heavy atom. The molecule has 1 aliphatic heterocycles. The number of nitrogen functional groups attached to an aromatic ring is 1. The van der Waals surface area contributed by atoms with E-state index in [1.807, 2.05) is 59.5 Å². The first kappa shape index (κ1) is 16.9. The van der Waals surface area contributed by atoms with E-state index in [4.69, 9.17) is 5.73 Å². The van der Waals surface area contributed by atoms with Gasteiger partial charge in [0.2, 0.25) is 5.91 Å². The normalized spacial score (nSPS) is 16.8. The SMILES string of the molecule is Nc1ncnc2scc(-c3ccc(N4CCC(c5ccccc5)C4=O)cc3)c12. The highest BCUT2D eigenvalue weighted by Crippen LogP contribution is 2.37. The number of fused-ring (bicyclic) bond motifs is 1. The molecule has 1 amide bonds. The van der Waals surface area contributed by atoms with Gasteiger partial charge in [-0.15, -0.1) is 11.3 Å². The molecule has 5 rings (SSSR count). The second kappa shape index (κ2) is 6.73. The fourth-order valence-electron chi connectivity index (χ4n) is 3.86. The number of benzene rings is 2. The molecule has 0 spiro atoms. The largest absolute Gasteiger partial charge is 0.383 e. The number of rotatable bonds is 3. The molecule has 0 bridgehead atoms. The van der Waals surface area contributed by atoms with Crippen molar-refractivity contribution in [1.29, 1.82) is 0 Å². The molecular weight excluding hydrogens is 368 g/mol. The Bertz CT molecular complexity index is 1150. The zero-order valence-corrected chi connectivity index (χ0v) is 15.9. The number of thiophene rings is 1. The Morgan fingerprint density at radius 2 is 1.82 bits per heavy atom. The summed E-state index contributed by atoms with van der Waals surface area (Å²) in [6, 6.07) is 18.1. The van der Waals surface area contributed by atoms with E-state index >= 15 is 0 Å². The summed E-state index contributed by atoms with van der Waals surface area (Å²) in [5.41, 5.74) is 10.1. The molecule has 0 aliphatic carbocycles. The molecule has 3 heterocycles. The highest BCUT2D eigenvalue weighted by atomic mass is 32.1. The molecule has 1 fully saturated rings. The third kappa shape index (κ3) is 2.73. The maximum absolute atomic E-state index is 12.9. The number of hydrogen-bond acceptors (Lipinski definition) is 5. The predicted octanol–water partition coefficient (Wildman–Crippen LogP) is 4.46. The zero-order valence-electron chi connectivity index (χ0n) is 15.1. The number of carbonyl (C=O) groups excluding carboxylic acids is 1. The van der Waals surface area contributed by atoms with Gasteiger partial charge in [0.25, 0.3) is 0 Å². The smallest absolute Gasteiger partial charge is 0.234 e. The van der Waals surface area contributed by atoms with Crippen LogP contribution in [0, 0.1) is 0 Å². The van der Waals surface area contributed by atoms with Gasteiger partial charge in [-0.1, -0.05) is 42.5 Å². The van der Waals surface area contributed by atoms with Gasteiger partial charge in [0, 0.05) is 23.2 Å². The van der Waals surface area contributed by atoms with E-state index in [1.165, 1.54) is 6.33 Å². The summed E-state index contributed by atoms with van der Waals surface area (Å²) in [7, 11) is 0. The average Bonchev–Trinajstić information content (AvgIpc) is 3.33. The van der Waals surface area contributed by atoms with Gasteiger partial charge < -0.3 is 10.6 Å². The highest BCUT2D eigenvalue weighted by molar-refractivity contribution is 7.17. The lowest BCUT2D eigenvalue weighted by Gasteiger charge is -2.17. The second-order valence-corrected chi connectivity index (χ2v) is 7.74. The van der Waals surface area contributed by atoms with Crippen molar-refractivity contribution >= 4 is 39.0 Å². The Kier molecular flexibility index (Phi) is 4.06. The molecule has 1 saturated heterocycles. The van der Waals surface area contributed by atoms with Crippen molar-refractivity contribution in [1.82, 2.24) is 9.97 Å². The van der Waals surface area contributed by atoms with Crippen LogP contribution in [0.5, 0.6) is 0 Å². The summed E-state index contributed by atoms with van der Waals surface area (Å²) in [6.45, 7) is 0.736. The Morgan fingerprint density at radius 3 is 2.61 bits per heavy atom. The van der Waals surface area contributed by atoms with Gasteiger partial charge in [0.05, 0.1) is 11.3 Å². The first-order chi connectivity index (χ1) is 13.7. The highest BCUT2D eigenvalue weighted by Gasteiger charge is 2.33. The third-order valence-corrected chi connectivity index (χ3v) is 6.18. The number of carbonyl (C=O) groups is 1. The van der Waals surface area contributed by atoms with Crippen LogP contribution in [0.1, 0.15) is 17.9 Å². The van der Waals surface area contributed by atoms with Crippen molar-refractivity contribution in [3.8, 4) is 11.1 Å². The molecule has 1 atom stereocenters. The molecule has 2 aromatic heterocycles. The van der Waals surface area contributed by atoms with Crippen molar-refractivity contribution in [3.63, 3.8) is 0 Å². The van der Waals surface area contributed by atoms with Crippen LogP contribution in [-0.4, -0.2) is 22.4 Å². The molecule has 4 aromatic rings. The Hall–Kier alpha value is -3.25. The lowest BCUT2D eigenvalue weighted by atomic mass is 9.98. The standard InChI is InChI=1S/C22H18N4OS/c23-20-19-18(12-28-21(19)25-13-24-20)15-6-8-16(9-7-15)26-11-10-17(22(26)27)14-4-2-1-3-5-14/h1-9,12-13,17H,10-11H2,(H2,23,24,25). The summed E-state index contributed by atoms with van der Waals surface area (Å²) in [5.74, 6) is 0.599. The Labute approximate surface area is 166 Å². The van der Waals surface area contributed by atoms with E-state index < -0.39 is 0 Å². The van der Waals surface area contributed by atoms with Crippen LogP contribution >= 0.6 is 11.3 Å². The molecule has 138 valence electrons. The van der Waals surface area contributed by atoms with E-state index in [-0.39, 0.29) is 11.8 Å². The molecule has 6 heteroatoms. The van der Waals surface area contributed by atoms with Gasteiger partial charge >= 0.3 is 0 Å². The van der Waals surface area contributed by atoms with Crippen LogP contribution in [0.25, 0.3) is 21.3 Å². The van der Waals surface area contributed by atoms with Crippen molar-refractivity contribution < 1.29 is 4.79 Å².